The summed E-state index contributed by atoms with van der Waals surface area (Å²) in [4.78, 5) is 14.5. The summed E-state index contributed by atoms with van der Waals surface area (Å²) in [7, 11) is 0. The van der Waals surface area contributed by atoms with E-state index in [1.807, 2.05) is 30.3 Å². The highest BCUT2D eigenvalue weighted by Crippen LogP contribution is 2.20. The number of carbonyl (C=O) groups is 1. The molecule has 0 aromatic heterocycles. The van der Waals surface area contributed by atoms with E-state index in [0.717, 1.165) is 31.6 Å². The predicted octanol–water partition coefficient (Wildman–Crippen LogP) is 2.92. The summed E-state index contributed by atoms with van der Waals surface area (Å²) in [5, 5.41) is 13.1. The number of β-amino-alcohol motifs (C(OH)–C–C–N with tert-alkyl or cyclic N) is 1. The van der Waals surface area contributed by atoms with Crippen LogP contribution in [-0.4, -0.2) is 48.3 Å². The molecule has 2 N–H and O–H groups in total. The number of rotatable bonds is 7. The van der Waals surface area contributed by atoms with Gasteiger partial charge in [-0.1, -0.05) is 18.2 Å². The number of nitrogens with one attached hydrogen (secondary N) is 1. The minimum atomic E-state index is -0.634. The fraction of sp³-hybridized carbons (Fsp3) is 0.381. The Kier molecular flexibility index (Phi) is 6.79. The van der Waals surface area contributed by atoms with E-state index in [9.17, 15) is 14.3 Å². The average molecular weight is 372 g/mol. The number of amides is 1. The molecular weight excluding hydrogens is 347 g/mol. The number of hydrogen-bond donors (Lipinski definition) is 2. The van der Waals surface area contributed by atoms with Crippen LogP contribution in [0.4, 0.5) is 10.1 Å². The van der Waals surface area contributed by atoms with Crippen LogP contribution in [0.25, 0.3) is 0 Å². The highest BCUT2D eigenvalue weighted by molar-refractivity contribution is 5.92. The van der Waals surface area contributed by atoms with Crippen LogP contribution in [-0.2, 0) is 4.79 Å². The molecule has 2 aromatic rings. The zero-order valence-corrected chi connectivity index (χ0v) is 15.2. The fourth-order valence-corrected chi connectivity index (χ4v) is 3.22. The summed E-state index contributed by atoms with van der Waals surface area (Å²) >= 11 is 0. The van der Waals surface area contributed by atoms with Gasteiger partial charge in [-0.05, 0) is 62.3 Å². The summed E-state index contributed by atoms with van der Waals surface area (Å²) in [5.74, 6) is 0.268. The molecular formula is C21H25FN2O3. The lowest BCUT2D eigenvalue weighted by Crippen LogP contribution is -2.42. The number of halogens is 1. The van der Waals surface area contributed by atoms with Gasteiger partial charge in [0.25, 0.3) is 0 Å². The number of benzene rings is 2. The van der Waals surface area contributed by atoms with E-state index in [4.69, 9.17) is 4.74 Å². The average Bonchev–Trinajstić information content (AvgIpc) is 2.69. The van der Waals surface area contributed by atoms with Crippen LogP contribution in [0.2, 0.25) is 0 Å². The van der Waals surface area contributed by atoms with Gasteiger partial charge in [-0.2, -0.15) is 0 Å². The lowest BCUT2D eigenvalue weighted by molar-refractivity contribution is -0.121. The van der Waals surface area contributed by atoms with E-state index in [0.29, 0.717) is 12.3 Å². The lowest BCUT2D eigenvalue weighted by Gasteiger charge is -2.32. The molecule has 0 radical (unpaired) electrons. The minimum Gasteiger partial charge on any atom is -0.491 e. The van der Waals surface area contributed by atoms with Crippen molar-refractivity contribution in [1.82, 2.24) is 4.90 Å². The first-order valence-corrected chi connectivity index (χ1v) is 9.25. The van der Waals surface area contributed by atoms with Gasteiger partial charge in [0.2, 0.25) is 5.91 Å². The number of anilines is 1. The van der Waals surface area contributed by atoms with E-state index in [2.05, 4.69) is 10.2 Å². The van der Waals surface area contributed by atoms with Crippen LogP contribution < -0.4 is 10.1 Å². The minimum absolute atomic E-state index is 0.00550. The second-order valence-electron chi connectivity index (χ2n) is 6.85. The molecule has 1 fully saturated rings. The zero-order chi connectivity index (χ0) is 19.1. The molecule has 1 unspecified atom stereocenters. The third kappa shape index (κ3) is 6.05. The molecule has 2 aromatic carbocycles. The predicted molar refractivity (Wildman–Crippen MR) is 102 cm³/mol. The maximum atomic E-state index is 12.9. The third-order valence-corrected chi connectivity index (χ3v) is 4.72. The number of nitrogens with zero attached hydrogens (tertiary/aromatic N) is 1. The number of hydrogen-bond acceptors (Lipinski definition) is 4. The molecule has 0 aliphatic carbocycles. The second-order valence-corrected chi connectivity index (χ2v) is 6.85. The first-order valence-electron chi connectivity index (χ1n) is 9.25. The van der Waals surface area contributed by atoms with Gasteiger partial charge in [0.1, 0.15) is 24.3 Å². The Morgan fingerprint density at radius 3 is 2.48 bits per heavy atom. The molecule has 5 nitrogen and oxygen atoms in total. The second kappa shape index (κ2) is 9.48. The van der Waals surface area contributed by atoms with Crippen molar-refractivity contribution in [3.63, 3.8) is 0 Å². The van der Waals surface area contributed by atoms with Gasteiger partial charge in [-0.25, -0.2) is 4.39 Å². The number of likely N-dealkylation sites (tertiary alicyclic amines) is 1. The lowest BCUT2D eigenvalue weighted by atomic mass is 9.95. The Bertz CT molecular complexity index is 716. The van der Waals surface area contributed by atoms with Crippen molar-refractivity contribution in [2.75, 3.05) is 31.6 Å². The van der Waals surface area contributed by atoms with Crippen LogP contribution in [0, 0.1) is 11.7 Å². The summed E-state index contributed by atoms with van der Waals surface area (Å²) in [6.45, 7) is 2.18. The number of para-hydroxylation sites is 1. The van der Waals surface area contributed by atoms with Crippen LogP contribution in [0.1, 0.15) is 12.8 Å². The number of aliphatic hydroxyl groups excluding tert-OH is 1. The van der Waals surface area contributed by atoms with Crippen molar-refractivity contribution in [2.24, 2.45) is 5.92 Å². The van der Waals surface area contributed by atoms with E-state index in [1.165, 1.54) is 12.1 Å². The van der Waals surface area contributed by atoms with Gasteiger partial charge in [-0.15, -0.1) is 0 Å². The van der Waals surface area contributed by atoms with Gasteiger partial charge in [0, 0.05) is 18.2 Å². The van der Waals surface area contributed by atoms with Crippen LogP contribution in [0.3, 0.4) is 0 Å². The molecule has 1 atom stereocenters. The largest absolute Gasteiger partial charge is 0.491 e. The van der Waals surface area contributed by atoms with Gasteiger partial charge in [0.05, 0.1) is 0 Å². The molecule has 27 heavy (non-hydrogen) atoms. The van der Waals surface area contributed by atoms with E-state index in [-0.39, 0.29) is 24.2 Å². The van der Waals surface area contributed by atoms with Crippen LogP contribution >= 0.6 is 0 Å². The van der Waals surface area contributed by atoms with Crippen molar-refractivity contribution < 1.29 is 19.0 Å². The van der Waals surface area contributed by atoms with Gasteiger partial charge < -0.3 is 20.1 Å². The Hall–Kier alpha value is -2.44. The first kappa shape index (κ1) is 19.3. The number of piperidine rings is 1. The quantitative estimate of drug-likeness (QED) is 0.785. The SMILES string of the molecule is O=C(Nc1ccccc1)C1CCN(CC(O)COc2ccc(F)cc2)CC1. The third-order valence-electron chi connectivity index (χ3n) is 4.72. The fourth-order valence-electron chi connectivity index (χ4n) is 3.22. The molecule has 1 heterocycles. The highest BCUT2D eigenvalue weighted by atomic mass is 19.1. The van der Waals surface area contributed by atoms with Crippen LogP contribution in [0.5, 0.6) is 5.75 Å². The van der Waals surface area contributed by atoms with Crippen molar-refractivity contribution in [2.45, 2.75) is 18.9 Å². The van der Waals surface area contributed by atoms with Gasteiger partial charge >= 0.3 is 0 Å². The summed E-state index contributed by atoms with van der Waals surface area (Å²) in [5.41, 5.74) is 0.818. The molecule has 1 amide bonds. The zero-order valence-electron chi connectivity index (χ0n) is 15.2. The Morgan fingerprint density at radius 2 is 1.81 bits per heavy atom. The molecule has 1 saturated heterocycles. The van der Waals surface area contributed by atoms with Crippen molar-refractivity contribution >= 4 is 11.6 Å². The van der Waals surface area contributed by atoms with Gasteiger partial charge in [-0.3, -0.25) is 4.79 Å². The molecule has 144 valence electrons. The monoisotopic (exact) mass is 372 g/mol. The van der Waals surface area contributed by atoms with E-state index in [1.54, 1.807) is 12.1 Å². The highest BCUT2D eigenvalue weighted by Gasteiger charge is 2.26. The number of aliphatic hydroxyl groups is 1. The van der Waals surface area contributed by atoms with Crippen molar-refractivity contribution in [3.8, 4) is 5.75 Å². The smallest absolute Gasteiger partial charge is 0.227 e. The molecule has 1 aliphatic heterocycles. The maximum absolute atomic E-state index is 12.9. The molecule has 0 saturated carbocycles. The maximum Gasteiger partial charge on any atom is 0.227 e. The number of ether oxygens (including phenoxy) is 1. The first-order chi connectivity index (χ1) is 13.1. The topological polar surface area (TPSA) is 61.8 Å². The summed E-state index contributed by atoms with van der Waals surface area (Å²) < 4.78 is 18.3. The Labute approximate surface area is 158 Å². The number of carbonyl (C=O) groups excluding carboxylic acids is 1. The van der Waals surface area contributed by atoms with Crippen molar-refractivity contribution in [3.05, 3.63) is 60.4 Å². The van der Waals surface area contributed by atoms with Gasteiger partial charge in [0.15, 0.2) is 0 Å². The summed E-state index contributed by atoms with van der Waals surface area (Å²) in [6.07, 6.45) is 0.902. The van der Waals surface area contributed by atoms with Crippen molar-refractivity contribution in [1.29, 1.82) is 0 Å². The standard InChI is InChI=1S/C21H25FN2O3/c22-17-6-8-20(9-7-17)27-15-19(25)14-24-12-10-16(11-13-24)21(26)23-18-4-2-1-3-5-18/h1-9,16,19,25H,10-15H2,(H,23,26). The Morgan fingerprint density at radius 1 is 1.15 bits per heavy atom. The normalized spacial score (nSPS) is 16.7. The Balaban J connectivity index is 1.37. The van der Waals surface area contributed by atoms with E-state index < -0.39 is 6.10 Å². The summed E-state index contributed by atoms with van der Waals surface area (Å²) in [6, 6.07) is 15.2. The molecule has 0 bridgehead atoms. The van der Waals surface area contributed by atoms with E-state index >= 15 is 0 Å². The molecule has 6 heteroatoms. The molecule has 0 spiro atoms. The molecule has 3 rings (SSSR count). The molecule has 1 aliphatic rings. The van der Waals surface area contributed by atoms with Crippen LogP contribution in [0.15, 0.2) is 54.6 Å².